The third-order valence-electron chi connectivity index (χ3n) is 4.43. The van der Waals surface area contributed by atoms with Crippen molar-refractivity contribution in [3.63, 3.8) is 0 Å². The lowest BCUT2D eigenvalue weighted by molar-refractivity contribution is 0.149. The average Bonchev–Trinajstić information content (AvgIpc) is 3.14. The Morgan fingerprint density at radius 1 is 1.38 bits per heavy atom. The van der Waals surface area contributed by atoms with Crippen LogP contribution in [0.2, 0.25) is 0 Å². The van der Waals surface area contributed by atoms with Gasteiger partial charge in [0.15, 0.2) is 5.82 Å². The summed E-state index contributed by atoms with van der Waals surface area (Å²) in [6.45, 7) is 5.12. The Bertz CT molecular complexity index is 631. The number of rotatable bonds is 3. The monoisotopic (exact) mass is 287 g/mol. The summed E-state index contributed by atoms with van der Waals surface area (Å²) >= 11 is 0. The zero-order valence-electron chi connectivity index (χ0n) is 11.9. The van der Waals surface area contributed by atoms with Crippen LogP contribution in [0.1, 0.15) is 11.7 Å². The lowest BCUT2D eigenvalue weighted by Crippen LogP contribution is -2.33. The molecule has 2 aromatic rings. The van der Waals surface area contributed by atoms with E-state index >= 15 is 0 Å². The van der Waals surface area contributed by atoms with Crippen molar-refractivity contribution in [2.24, 2.45) is 11.3 Å². The van der Waals surface area contributed by atoms with Crippen molar-refractivity contribution in [1.82, 2.24) is 20.1 Å². The fourth-order valence-corrected chi connectivity index (χ4v) is 3.40. The van der Waals surface area contributed by atoms with Crippen LogP contribution in [0.3, 0.4) is 0 Å². The smallest absolute Gasteiger partial charge is 0.227 e. The van der Waals surface area contributed by atoms with E-state index in [1.54, 1.807) is 12.4 Å². The van der Waals surface area contributed by atoms with Crippen LogP contribution >= 0.6 is 0 Å². The van der Waals surface area contributed by atoms with Crippen LogP contribution in [0.4, 0.5) is 5.95 Å². The highest BCUT2D eigenvalue weighted by molar-refractivity contribution is 5.33. The van der Waals surface area contributed by atoms with Crippen molar-refractivity contribution in [3.05, 3.63) is 30.2 Å². The van der Waals surface area contributed by atoms with Crippen LogP contribution in [-0.2, 0) is 11.2 Å². The van der Waals surface area contributed by atoms with Gasteiger partial charge in [-0.1, -0.05) is 5.16 Å². The highest BCUT2D eigenvalue weighted by Gasteiger charge is 2.52. The molecular formula is C14H17N5O2. The number of hydrogen-bond donors (Lipinski definition) is 0. The van der Waals surface area contributed by atoms with E-state index in [0.717, 1.165) is 38.7 Å². The van der Waals surface area contributed by atoms with Gasteiger partial charge in [-0.3, -0.25) is 0 Å². The van der Waals surface area contributed by atoms with Gasteiger partial charge in [0, 0.05) is 43.2 Å². The molecule has 2 aliphatic heterocycles. The molecule has 2 atom stereocenters. The first-order chi connectivity index (χ1) is 10.3. The van der Waals surface area contributed by atoms with Gasteiger partial charge >= 0.3 is 0 Å². The Balaban J connectivity index is 1.58. The summed E-state index contributed by atoms with van der Waals surface area (Å²) in [5.41, 5.74) is 0.0260. The molecule has 0 radical (unpaired) electrons. The predicted octanol–water partition coefficient (Wildman–Crippen LogP) is 0.864. The number of fused-ring (bicyclic) bond motifs is 1. The highest BCUT2D eigenvalue weighted by Crippen LogP contribution is 2.44. The van der Waals surface area contributed by atoms with Crippen LogP contribution in [0, 0.1) is 18.3 Å². The van der Waals surface area contributed by atoms with E-state index in [1.807, 2.05) is 13.0 Å². The van der Waals surface area contributed by atoms with Gasteiger partial charge in [0.25, 0.3) is 0 Å². The zero-order chi connectivity index (χ0) is 14.3. The van der Waals surface area contributed by atoms with Crippen molar-refractivity contribution >= 4 is 5.95 Å². The zero-order valence-corrected chi connectivity index (χ0v) is 11.9. The molecule has 0 N–H and O–H groups in total. The Labute approximate surface area is 122 Å². The maximum atomic E-state index is 5.72. The van der Waals surface area contributed by atoms with Gasteiger partial charge in [-0.05, 0) is 13.0 Å². The van der Waals surface area contributed by atoms with Crippen LogP contribution in [0.5, 0.6) is 0 Å². The molecule has 0 saturated carbocycles. The maximum absolute atomic E-state index is 5.72. The molecule has 110 valence electrons. The third-order valence-corrected chi connectivity index (χ3v) is 4.43. The first kappa shape index (κ1) is 12.7. The molecule has 2 saturated heterocycles. The molecule has 0 unspecified atom stereocenters. The Morgan fingerprint density at radius 2 is 2.24 bits per heavy atom. The summed E-state index contributed by atoms with van der Waals surface area (Å²) in [4.78, 5) is 15.3. The fraction of sp³-hybridized carbons (Fsp3) is 0.571. The van der Waals surface area contributed by atoms with Crippen LogP contribution < -0.4 is 4.90 Å². The van der Waals surface area contributed by atoms with E-state index in [1.165, 1.54) is 0 Å². The summed E-state index contributed by atoms with van der Waals surface area (Å²) < 4.78 is 11.0. The van der Waals surface area contributed by atoms with E-state index in [2.05, 4.69) is 25.0 Å². The standard InChI is InChI=1S/C14H17N5O2/c1-10-17-12(21-18-10)5-14-8-19(6-11(14)7-20-9-14)13-15-3-2-4-16-13/h2-4,11H,5-9H2,1H3/t11-,14+/m0/s1. The lowest BCUT2D eigenvalue weighted by atomic mass is 9.78. The molecule has 0 bridgehead atoms. The molecule has 0 aromatic carbocycles. The lowest BCUT2D eigenvalue weighted by Gasteiger charge is -2.25. The first-order valence-corrected chi connectivity index (χ1v) is 7.14. The number of aromatic nitrogens is 4. The molecule has 0 spiro atoms. The molecular weight excluding hydrogens is 270 g/mol. The van der Waals surface area contributed by atoms with Gasteiger partial charge in [-0.2, -0.15) is 4.98 Å². The number of anilines is 1. The minimum Gasteiger partial charge on any atom is -0.380 e. The number of ether oxygens (including phenoxy) is 1. The second-order valence-electron chi connectivity index (χ2n) is 5.92. The predicted molar refractivity (Wildman–Crippen MR) is 73.7 cm³/mol. The first-order valence-electron chi connectivity index (χ1n) is 7.14. The van der Waals surface area contributed by atoms with Crippen molar-refractivity contribution in [3.8, 4) is 0 Å². The van der Waals surface area contributed by atoms with Gasteiger partial charge in [-0.15, -0.1) is 0 Å². The van der Waals surface area contributed by atoms with Crippen molar-refractivity contribution < 1.29 is 9.26 Å². The van der Waals surface area contributed by atoms with E-state index in [9.17, 15) is 0 Å². The molecule has 7 heteroatoms. The van der Waals surface area contributed by atoms with Gasteiger partial charge < -0.3 is 14.2 Å². The van der Waals surface area contributed by atoms with Gasteiger partial charge in [-0.25, -0.2) is 9.97 Å². The SMILES string of the molecule is Cc1noc(C[C@@]23COC[C@@H]2CN(c2ncccn2)C3)n1. The Kier molecular flexibility index (Phi) is 2.88. The Hall–Kier alpha value is -2.02. The molecule has 7 nitrogen and oxygen atoms in total. The minimum atomic E-state index is 0.0260. The Morgan fingerprint density at radius 3 is 3.00 bits per heavy atom. The van der Waals surface area contributed by atoms with Crippen LogP contribution in [0.25, 0.3) is 0 Å². The normalized spacial score (nSPS) is 28.0. The quantitative estimate of drug-likeness (QED) is 0.828. The van der Waals surface area contributed by atoms with Gasteiger partial charge in [0.2, 0.25) is 11.8 Å². The molecule has 21 heavy (non-hydrogen) atoms. The van der Waals surface area contributed by atoms with Crippen LogP contribution in [0.15, 0.2) is 23.0 Å². The number of hydrogen-bond acceptors (Lipinski definition) is 7. The summed E-state index contributed by atoms with van der Waals surface area (Å²) in [7, 11) is 0. The molecule has 2 aromatic heterocycles. The van der Waals surface area contributed by atoms with Crippen molar-refractivity contribution in [2.45, 2.75) is 13.3 Å². The molecule has 4 rings (SSSR count). The largest absolute Gasteiger partial charge is 0.380 e. The van der Waals surface area contributed by atoms with Crippen molar-refractivity contribution in [2.75, 3.05) is 31.2 Å². The summed E-state index contributed by atoms with van der Waals surface area (Å²) in [5.74, 6) is 2.61. The summed E-state index contributed by atoms with van der Waals surface area (Å²) in [6, 6.07) is 1.83. The average molecular weight is 287 g/mol. The highest BCUT2D eigenvalue weighted by atomic mass is 16.5. The third kappa shape index (κ3) is 2.17. The second kappa shape index (κ2) is 4.77. The fourth-order valence-electron chi connectivity index (χ4n) is 3.40. The molecule has 2 fully saturated rings. The van der Waals surface area contributed by atoms with E-state index in [0.29, 0.717) is 17.6 Å². The van der Waals surface area contributed by atoms with Gasteiger partial charge in [0.05, 0.1) is 13.2 Å². The summed E-state index contributed by atoms with van der Waals surface area (Å²) in [5, 5.41) is 3.88. The number of aryl methyl sites for hydroxylation is 1. The summed E-state index contributed by atoms with van der Waals surface area (Å²) in [6.07, 6.45) is 4.31. The molecule has 2 aliphatic rings. The van der Waals surface area contributed by atoms with E-state index < -0.39 is 0 Å². The van der Waals surface area contributed by atoms with E-state index in [-0.39, 0.29) is 5.41 Å². The minimum absolute atomic E-state index is 0.0260. The van der Waals surface area contributed by atoms with E-state index in [4.69, 9.17) is 9.26 Å². The number of nitrogens with zero attached hydrogens (tertiary/aromatic N) is 5. The molecule has 4 heterocycles. The second-order valence-corrected chi connectivity index (χ2v) is 5.92. The topological polar surface area (TPSA) is 77.2 Å². The molecule has 0 amide bonds. The molecule has 0 aliphatic carbocycles. The van der Waals surface area contributed by atoms with Crippen molar-refractivity contribution in [1.29, 1.82) is 0 Å². The van der Waals surface area contributed by atoms with Gasteiger partial charge in [0.1, 0.15) is 0 Å². The maximum Gasteiger partial charge on any atom is 0.227 e. The van der Waals surface area contributed by atoms with Crippen LogP contribution in [-0.4, -0.2) is 46.4 Å².